The van der Waals surface area contributed by atoms with Gasteiger partial charge in [0, 0.05) is 18.1 Å². The Morgan fingerprint density at radius 2 is 1.31 bits per heavy atom. The van der Waals surface area contributed by atoms with Crippen molar-refractivity contribution in [3.05, 3.63) is 127 Å². The average Bonchev–Trinajstić information content (AvgIpc) is 3.09. The van der Waals surface area contributed by atoms with Gasteiger partial charge in [0.25, 0.3) is 0 Å². The first-order valence-corrected chi connectivity index (χ1v) is 17.8. The van der Waals surface area contributed by atoms with E-state index < -0.39 is 29.6 Å². The molecule has 0 aliphatic heterocycles. The molecule has 0 bridgehead atoms. The van der Waals surface area contributed by atoms with Crippen LogP contribution in [0.3, 0.4) is 0 Å². The van der Waals surface area contributed by atoms with Gasteiger partial charge >= 0.3 is 11.9 Å². The smallest absolute Gasteiger partial charge is 0.341 e. The fourth-order valence-corrected chi connectivity index (χ4v) is 4.86. The Kier molecular flexibility index (Phi) is 20.9. The van der Waals surface area contributed by atoms with Crippen LogP contribution < -0.4 is 10.1 Å². The fraction of sp³-hybridized carbons (Fsp3) is 0.372. The molecule has 2 rings (SSSR count). The quantitative estimate of drug-likeness (QED) is 0.0751. The Balaban J connectivity index is 1.85. The number of halogens is 2. The molecule has 2 aromatic carbocycles. The molecule has 51 heavy (non-hydrogen) atoms. The first kappa shape index (κ1) is 42.3. The van der Waals surface area contributed by atoms with Gasteiger partial charge in [0.15, 0.2) is 0 Å². The number of rotatable bonds is 22. The van der Waals surface area contributed by atoms with Crippen LogP contribution in [0.4, 0.5) is 8.78 Å². The molecule has 1 unspecified atom stereocenters. The minimum absolute atomic E-state index is 0.0552. The number of benzene rings is 2. The summed E-state index contributed by atoms with van der Waals surface area (Å²) < 4.78 is 38.7. The molecular formula is C43H53F2NO5. The predicted molar refractivity (Wildman–Crippen MR) is 202 cm³/mol. The van der Waals surface area contributed by atoms with Gasteiger partial charge in [0.05, 0.1) is 6.61 Å². The maximum Gasteiger partial charge on any atom is 0.341 e. The summed E-state index contributed by atoms with van der Waals surface area (Å²) in [7, 11) is 0. The van der Waals surface area contributed by atoms with Crippen LogP contribution in [0.2, 0.25) is 0 Å². The number of ether oxygens (including phenoxy) is 2. The number of hydrogen-bond acceptors (Lipinski definition) is 5. The summed E-state index contributed by atoms with van der Waals surface area (Å²) in [6, 6.07) is 6.31. The molecule has 8 heteroatoms. The molecule has 0 radical (unpaired) electrons. The highest BCUT2D eigenvalue weighted by molar-refractivity contribution is 5.96. The van der Waals surface area contributed by atoms with Crippen LogP contribution >= 0.6 is 0 Å². The van der Waals surface area contributed by atoms with Crippen LogP contribution in [0, 0.1) is 17.6 Å². The largest absolute Gasteiger partial charge is 0.462 e. The van der Waals surface area contributed by atoms with Crippen molar-refractivity contribution in [3.8, 4) is 16.9 Å². The molecule has 274 valence electrons. The van der Waals surface area contributed by atoms with Gasteiger partial charge < -0.3 is 14.8 Å². The molecule has 0 saturated carbocycles. The maximum atomic E-state index is 14.5. The van der Waals surface area contributed by atoms with Gasteiger partial charge in [0.2, 0.25) is 5.91 Å². The second-order valence-electron chi connectivity index (χ2n) is 12.2. The zero-order chi connectivity index (χ0) is 37.3. The van der Waals surface area contributed by atoms with E-state index in [2.05, 4.69) is 73.0 Å². The highest BCUT2D eigenvalue weighted by Crippen LogP contribution is 2.30. The summed E-state index contributed by atoms with van der Waals surface area (Å²) in [5.74, 6) is -3.39. The number of amides is 1. The minimum Gasteiger partial charge on any atom is -0.462 e. The van der Waals surface area contributed by atoms with Crippen molar-refractivity contribution in [2.24, 2.45) is 5.92 Å². The lowest BCUT2D eigenvalue weighted by Gasteiger charge is -2.20. The molecule has 1 amide bonds. The van der Waals surface area contributed by atoms with Gasteiger partial charge in [-0.15, -0.1) is 0 Å². The van der Waals surface area contributed by atoms with Gasteiger partial charge in [-0.1, -0.05) is 99.7 Å². The first-order chi connectivity index (χ1) is 24.7. The molecule has 0 heterocycles. The third-order valence-corrected chi connectivity index (χ3v) is 7.39. The normalized spacial score (nSPS) is 12.8. The van der Waals surface area contributed by atoms with E-state index in [9.17, 15) is 23.2 Å². The summed E-state index contributed by atoms with van der Waals surface area (Å²) in [6.07, 6.45) is 32.0. The van der Waals surface area contributed by atoms with Crippen LogP contribution in [0.15, 0.2) is 109 Å². The Morgan fingerprint density at radius 3 is 1.84 bits per heavy atom. The molecular weight excluding hydrogens is 648 g/mol. The zero-order valence-corrected chi connectivity index (χ0v) is 30.4. The second-order valence-corrected chi connectivity index (χ2v) is 12.2. The molecule has 0 aromatic heterocycles. The Bertz CT molecular complexity index is 1570. The van der Waals surface area contributed by atoms with E-state index in [0.29, 0.717) is 12.8 Å². The lowest BCUT2D eigenvalue weighted by atomic mass is 10.0. The lowest BCUT2D eigenvalue weighted by molar-refractivity contribution is -0.139. The summed E-state index contributed by atoms with van der Waals surface area (Å²) in [5.41, 5.74) is 0.243. The van der Waals surface area contributed by atoms with Crippen LogP contribution in [0.25, 0.3) is 11.1 Å². The van der Waals surface area contributed by atoms with Crippen LogP contribution in [0.5, 0.6) is 5.75 Å². The van der Waals surface area contributed by atoms with Gasteiger partial charge in [-0.25, -0.2) is 18.4 Å². The van der Waals surface area contributed by atoms with E-state index in [-0.39, 0.29) is 47.3 Å². The third-order valence-electron chi connectivity index (χ3n) is 7.39. The van der Waals surface area contributed by atoms with Gasteiger partial charge in [-0.2, -0.15) is 0 Å². The highest BCUT2D eigenvalue weighted by atomic mass is 19.1. The Morgan fingerprint density at radius 1 is 0.745 bits per heavy atom. The monoisotopic (exact) mass is 701 g/mol. The highest BCUT2D eigenvalue weighted by Gasteiger charge is 2.26. The molecule has 6 nitrogen and oxygen atoms in total. The molecule has 0 saturated heterocycles. The number of carbonyl (C=O) groups is 3. The van der Waals surface area contributed by atoms with Gasteiger partial charge in [0.1, 0.15) is 29.0 Å². The number of hydrogen-bond donors (Lipinski definition) is 1. The summed E-state index contributed by atoms with van der Waals surface area (Å²) in [6.45, 7) is 7.65. The van der Waals surface area contributed by atoms with E-state index in [0.717, 1.165) is 50.7 Å². The minimum atomic E-state index is -0.952. The molecule has 1 atom stereocenters. The van der Waals surface area contributed by atoms with Gasteiger partial charge in [-0.05, 0) is 94.0 Å². The standard InChI is InChI=1S/C43H53F2NO5/c1-5-7-8-9-10-11-12-13-14-15-16-17-18-19-20-21-22-23-24-25-41(47)46-39(30-33(3)4)43(49)51-40-29-26-34(31-37(40)42(48)50-6-2)36-28-27-35(44)32-38(36)45/h7-8,10-11,13-14,16-17,19-20,22-23,26-29,31-33,39H,5-6,9,12,15,18,21,24-25,30H2,1-4H3,(H,46,47). The molecule has 0 aliphatic carbocycles. The SMILES string of the molecule is CCC=CCC=CCC=CCC=CCC=CCC=CCCC(=O)NC(CC(C)C)C(=O)Oc1ccc(-c2ccc(F)cc2F)cc1C(=O)OCC. The van der Waals surface area contributed by atoms with Gasteiger partial charge in [-0.3, -0.25) is 4.79 Å². The van der Waals surface area contributed by atoms with E-state index in [1.807, 2.05) is 26.0 Å². The van der Waals surface area contributed by atoms with Crippen molar-refractivity contribution < 1.29 is 32.6 Å². The van der Waals surface area contributed by atoms with Crippen molar-refractivity contribution in [1.82, 2.24) is 5.32 Å². The van der Waals surface area contributed by atoms with E-state index >= 15 is 0 Å². The average molecular weight is 702 g/mol. The molecule has 0 fully saturated rings. The molecule has 0 spiro atoms. The van der Waals surface area contributed by atoms with Crippen molar-refractivity contribution in [2.75, 3.05) is 6.61 Å². The molecule has 1 N–H and O–H groups in total. The molecule has 0 aliphatic rings. The molecule has 2 aromatic rings. The lowest BCUT2D eigenvalue weighted by Crippen LogP contribution is -2.43. The predicted octanol–water partition coefficient (Wildman–Crippen LogP) is 10.7. The summed E-state index contributed by atoms with van der Waals surface area (Å²) in [5, 5.41) is 2.77. The van der Waals surface area contributed by atoms with Crippen molar-refractivity contribution in [2.45, 2.75) is 91.5 Å². The number of allylic oxidation sites excluding steroid dienone is 12. The summed E-state index contributed by atoms with van der Waals surface area (Å²) >= 11 is 0. The van der Waals surface area contributed by atoms with E-state index in [1.165, 1.54) is 24.3 Å². The first-order valence-electron chi connectivity index (χ1n) is 17.8. The van der Waals surface area contributed by atoms with Crippen molar-refractivity contribution in [1.29, 1.82) is 0 Å². The maximum absolute atomic E-state index is 14.5. The Hall–Kier alpha value is -4.85. The number of nitrogens with one attached hydrogen (secondary N) is 1. The topological polar surface area (TPSA) is 81.7 Å². The Labute approximate surface area is 302 Å². The summed E-state index contributed by atoms with van der Waals surface area (Å²) in [4.78, 5) is 38.8. The fourth-order valence-electron chi connectivity index (χ4n) is 4.86. The van der Waals surface area contributed by atoms with E-state index in [1.54, 1.807) is 6.92 Å². The van der Waals surface area contributed by atoms with Crippen LogP contribution in [-0.4, -0.2) is 30.5 Å². The third kappa shape index (κ3) is 17.6. The zero-order valence-electron chi connectivity index (χ0n) is 30.4. The van der Waals surface area contributed by atoms with Crippen LogP contribution in [-0.2, 0) is 14.3 Å². The number of carbonyl (C=O) groups excluding carboxylic acids is 3. The number of esters is 2. The van der Waals surface area contributed by atoms with Crippen molar-refractivity contribution in [3.63, 3.8) is 0 Å². The van der Waals surface area contributed by atoms with Crippen LogP contribution in [0.1, 0.15) is 95.8 Å². The van der Waals surface area contributed by atoms with E-state index in [4.69, 9.17) is 9.47 Å². The second kappa shape index (κ2) is 25.2. The van der Waals surface area contributed by atoms with Crippen molar-refractivity contribution >= 4 is 17.8 Å².